The molecule has 0 amide bonds. The summed E-state index contributed by atoms with van der Waals surface area (Å²) in [4.78, 5) is 36.4. The Morgan fingerprint density at radius 1 is 1.16 bits per heavy atom. The number of rotatable bonds is 5. The number of hydrogen-bond donors (Lipinski definition) is 2. The van der Waals surface area contributed by atoms with Crippen molar-refractivity contribution in [3.63, 3.8) is 0 Å². The van der Waals surface area contributed by atoms with Crippen molar-refractivity contribution in [1.29, 1.82) is 0 Å². The number of benzene rings is 1. The minimum Gasteiger partial charge on any atom is -0.378 e. The average Bonchev–Trinajstić information content (AvgIpc) is 2.93. The van der Waals surface area contributed by atoms with Gasteiger partial charge in [-0.05, 0) is 37.3 Å². The Balaban J connectivity index is 0.00000102. The Bertz CT molecular complexity index is 1470. The third kappa shape index (κ3) is 5.83. The first-order valence-corrected chi connectivity index (χ1v) is 12.6. The molecular formula is C28H33N7O2. The first-order valence-electron chi connectivity index (χ1n) is 12.6. The quantitative estimate of drug-likeness (QED) is 0.298. The summed E-state index contributed by atoms with van der Waals surface area (Å²) in [7, 11) is 1.76. The molecule has 37 heavy (non-hydrogen) atoms. The van der Waals surface area contributed by atoms with Crippen molar-refractivity contribution in [2.45, 2.75) is 27.2 Å². The van der Waals surface area contributed by atoms with E-state index >= 15 is 0 Å². The highest BCUT2D eigenvalue weighted by Gasteiger charge is 2.20. The van der Waals surface area contributed by atoms with Crippen LogP contribution in [0.1, 0.15) is 32.8 Å². The molecule has 1 aliphatic heterocycles. The zero-order valence-corrected chi connectivity index (χ0v) is 21.8. The van der Waals surface area contributed by atoms with E-state index in [-0.39, 0.29) is 5.56 Å². The van der Waals surface area contributed by atoms with Crippen LogP contribution in [-0.2, 0) is 4.74 Å². The van der Waals surface area contributed by atoms with Crippen LogP contribution >= 0.6 is 0 Å². The van der Waals surface area contributed by atoms with Crippen molar-refractivity contribution in [3.8, 4) is 0 Å². The summed E-state index contributed by atoms with van der Waals surface area (Å²) < 4.78 is 5.51. The molecule has 0 spiro atoms. The highest BCUT2D eigenvalue weighted by molar-refractivity contribution is 6.13. The average molecular weight is 500 g/mol. The molecule has 9 nitrogen and oxygen atoms in total. The van der Waals surface area contributed by atoms with Crippen LogP contribution in [0, 0.1) is 0 Å². The highest BCUT2D eigenvalue weighted by atomic mass is 16.5. The molecule has 0 aliphatic carbocycles. The molecule has 0 bridgehead atoms. The number of H-pyrrole nitrogens is 1. The monoisotopic (exact) mass is 499 g/mol. The lowest BCUT2D eigenvalue weighted by atomic mass is 10.0. The number of pyridine rings is 2. The molecule has 9 heteroatoms. The van der Waals surface area contributed by atoms with Gasteiger partial charge >= 0.3 is 0 Å². The van der Waals surface area contributed by atoms with Gasteiger partial charge in [-0.15, -0.1) is 0 Å². The summed E-state index contributed by atoms with van der Waals surface area (Å²) in [6.45, 7) is 8.78. The van der Waals surface area contributed by atoms with E-state index in [1.807, 2.05) is 49.4 Å². The minimum atomic E-state index is -0.252. The predicted octanol–water partition coefficient (Wildman–Crippen LogP) is 4.86. The van der Waals surface area contributed by atoms with Crippen molar-refractivity contribution >= 4 is 45.0 Å². The van der Waals surface area contributed by atoms with Gasteiger partial charge in [0.05, 0.1) is 30.0 Å². The summed E-state index contributed by atoms with van der Waals surface area (Å²) in [5.41, 5.74) is 3.61. The van der Waals surface area contributed by atoms with Crippen LogP contribution < -0.4 is 15.8 Å². The van der Waals surface area contributed by atoms with E-state index in [0.29, 0.717) is 54.5 Å². The van der Waals surface area contributed by atoms with Crippen molar-refractivity contribution in [1.82, 2.24) is 19.9 Å². The standard InChI is InChI=1S/C25H25N7O2.C3H8/c1-3-4-19(26-2)16-5-6-20-18(15-16)22-21(24(33)29-20)23(28-17-7-9-27-10-8-17)31-25(30-22)32-11-13-34-14-12-32;1-3-2/h3-10,15H,11-14H2,1-2H3,(H,29,33)(H,27,28,30,31);3H2,1-2H3/b4-3-,26-19?;. The molecule has 1 fully saturated rings. The van der Waals surface area contributed by atoms with E-state index in [1.54, 1.807) is 19.4 Å². The second kappa shape index (κ2) is 12.2. The third-order valence-electron chi connectivity index (χ3n) is 5.75. The molecule has 0 radical (unpaired) electrons. The van der Waals surface area contributed by atoms with Gasteiger partial charge in [-0.25, -0.2) is 4.98 Å². The van der Waals surface area contributed by atoms with Gasteiger partial charge in [-0.2, -0.15) is 4.98 Å². The van der Waals surface area contributed by atoms with Gasteiger partial charge in [0.1, 0.15) is 11.2 Å². The lowest BCUT2D eigenvalue weighted by Crippen LogP contribution is -2.37. The predicted molar refractivity (Wildman–Crippen MR) is 151 cm³/mol. The number of ether oxygens (including phenoxy) is 1. The first-order chi connectivity index (χ1) is 18.1. The number of nitrogens with one attached hydrogen (secondary N) is 2. The van der Waals surface area contributed by atoms with Crippen LogP contribution in [0.15, 0.2) is 64.7 Å². The fourth-order valence-electron chi connectivity index (χ4n) is 4.08. The number of allylic oxidation sites excluding steroid dienone is 2. The third-order valence-corrected chi connectivity index (χ3v) is 5.75. The van der Waals surface area contributed by atoms with Gasteiger partial charge in [0.2, 0.25) is 5.95 Å². The Hall–Kier alpha value is -4.11. The van der Waals surface area contributed by atoms with Crippen molar-refractivity contribution in [2.24, 2.45) is 4.99 Å². The molecule has 4 heterocycles. The summed E-state index contributed by atoms with van der Waals surface area (Å²) in [5, 5.41) is 4.53. The molecule has 192 valence electrons. The Morgan fingerprint density at radius 3 is 2.57 bits per heavy atom. The zero-order chi connectivity index (χ0) is 26.2. The van der Waals surface area contributed by atoms with E-state index in [0.717, 1.165) is 22.3 Å². The lowest BCUT2D eigenvalue weighted by molar-refractivity contribution is 0.122. The van der Waals surface area contributed by atoms with E-state index in [1.165, 1.54) is 6.42 Å². The number of hydrogen-bond acceptors (Lipinski definition) is 8. The topological polar surface area (TPSA) is 108 Å². The van der Waals surface area contributed by atoms with E-state index < -0.39 is 0 Å². The molecule has 5 rings (SSSR count). The number of fused-ring (bicyclic) bond motifs is 3. The van der Waals surface area contributed by atoms with Crippen LogP contribution in [0.2, 0.25) is 0 Å². The van der Waals surface area contributed by atoms with Gasteiger partial charge < -0.3 is 19.9 Å². The van der Waals surface area contributed by atoms with Gasteiger partial charge in [0, 0.05) is 49.2 Å². The normalized spacial score (nSPS) is 14.2. The molecule has 0 atom stereocenters. The van der Waals surface area contributed by atoms with E-state index in [2.05, 4.69) is 39.0 Å². The Morgan fingerprint density at radius 2 is 1.89 bits per heavy atom. The van der Waals surface area contributed by atoms with Crippen LogP contribution in [0.4, 0.5) is 17.5 Å². The molecular weight excluding hydrogens is 466 g/mol. The maximum Gasteiger partial charge on any atom is 0.261 e. The van der Waals surface area contributed by atoms with E-state index in [9.17, 15) is 4.79 Å². The van der Waals surface area contributed by atoms with Crippen molar-refractivity contribution in [3.05, 3.63) is 70.8 Å². The molecule has 4 aromatic rings. The number of aromatic nitrogens is 4. The number of aromatic amines is 1. The molecule has 1 aliphatic rings. The molecule has 2 N–H and O–H groups in total. The smallest absolute Gasteiger partial charge is 0.261 e. The largest absolute Gasteiger partial charge is 0.378 e. The highest BCUT2D eigenvalue weighted by Crippen LogP contribution is 2.29. The van der Waals surface area contributed by atoms with Crippen LogP contribution in [0.5, 0.6) is 0 Å². The summed E-state index contributed by atoms with van der Waals surface area (Å²) in [6, 6.07) is 9.52. The Labute approximate surface area is 216 Å². The zero-order valence-electron chi connectivity index (χ0n) is 21.8. The maximum absolute atomic E-state index is 13.2. The van der Waals surface area contributed by atoms with Gasteiger partial charge in [0.15, 0.2) is 0 Å². The van der Waals surface area contributed by atoms with Gasteiger partial charge in [-0.1, -0.05) is 32.4 Å². The summed E-state index contributed by atoms with van der Waals surface area (Å²) in [5.74, 6) is 1.01. The molecule has 0 saturated carbocycles. The fourth-order valence-corrected chi connectivity index (χ4v) is 4.08. The van der Waals surface area contributed by atoms with Crippen LogP contribution in [0.25, 0.3) is 21.8 Å². The second-order valence-electron chi connectivity index (χ2n) is 8.59. The Kier molecular flexibility index (Phi) is 8.58. The number of anilines is 3. The lowest BCUT2D eigenvalue weighted by Gasteiger charge is -2.27. The van der Waals surface area contributed by atoms with Crippen LogP contribution in [0.3, 0.4) is 0 Å². The molecule has 0 unspecified atom stereocenters. The minimum absolute atomic E-state index is 0.252. The fraction of sp³-hybridized carbons (Fsp3) is 0.321. The second-order valence-corrected chi connectivity index (χ2v) is 8.59. The number of aliphatic imine (C=N–C) groups is 1. The SMILES string of the molecule is C/C=C\C(=NC)c1ccc2[nH]c(=O)c3c(Nc4ccncc4)nc(N4CCOCC4)nc3c2c1.CCC. The molecule has 1 aromatic carbocycles. The van der Waals surface area contributed by atoms with Gasteiger partial charge in [-0.3, -0.25) is 14.8 Å². The number of morpholine rings is 1. The summed E-state index contributed by atoms with van der Waals surface area (Å²) in [6.07, 6.45) is 8.54. The van der Waals surface area contributed by atoms with Crippen molar-refractivity contribution in [2.75, 3.05) is 43.6 Å². The summed E-state index contributed by atoms with van der Waals surface area (Å²) >= 11 is 0. The first kappa shape index (κ1) is 26.0. The number of nitrogens with zero attached hydrogens (tertiary/aromatic N) is 5. The van der Waals surface area contributed by atoms with E-state index in [4.69, 9.17) is 14.7 Å². The molecule has 3 aromatic heterocycles. The van der Waals surface area contributed by atoms with Crippen molar-refractivity contribution < 1.29 is 4.74 Å². The van der Waals surface area contributed by atoms with Gasteiger partial charge in [0.25, 0.3) is 5.56 Å². The van der Waals surface area contributed by atoms with Crippen LogP contribution in [-0.4, -0.2) is 59.0 Å². The molecule has 1 saturated heterocycles. The maximum atomic E-state index is 13.2.